The van der Waals surface area contributed by atoms with Gasteiger partial charge in [0.25, 0.3) is 11.5 Å². The highest BCUT2D eigenvalue weighted by molar-refractivity contribution is 5.90. The molecule has 1 saturated carbocycles. The monoisotopic (exact) mass is 348 g/mol. The molecule has 25 heavy (non-hydrogen) atoms. The number of aromatic nitrogens is 1. The van der Waals surface area contributed by atoms with Gasteiger partial charge in [-0.1, -0.05) is 27.2 Å². The van der Waals surface area contributed by atoms with Gasteiger partial charge in [0.1, 0.15) is 5.56 Å². The molecule has 2 N–H and O–H groups in total. The van der Waals surface area contributed by atoms with Crippen LogP contribution in [-0.4, -0.2) is 29.5 Å². The Morgan fingerprint density at radius 2 is 1.96 bits per heavy atom. The molecular weight excluding hydrogens is 320 g/mol. The summed E-state index contributed by atoms with van der Waals surface area (Å²) in [6, 6.07) is 3.04. The Bertz CT molecular complexity index is 657. The van der Waals surface area contributed by atoms with E-state index in [0.717, 1.165) is 32.1 Å². The summed E-state index contributed by atoms with van der Waals surface area (Å²) in [5.74, 6) is -0.419. The van der Waals surface area contributed by atoms with Crippen LogP contribution in [0.15, 0.2) is 23.1 Å². The van der Waals surface area contributed by atoms with E-state index < -0.39 is 11.5 Å². The number of amides is 1. The summed E-state index contributed by atoms with van der Waals surface area (Å²) >= 11 is 0. The lowest BCUT2D eigenvalue weighted by molar-refractivity contribution is -0.125. The first-order valence-electron chi connectivity index (χ1n) is 8.97. The second kappa shape index (κ2) is 8.32. The second-order valence-corrected chi connectivity index (χ2v) is 7.45. The third-order valence-corrected chi connectivity index (χ3v) is 5.48. The Morgan fingerprint density at radius 1 is 1.28 bits per heavy atom. The van der Waals surface area contributed by atoms with Crippen LogP contribution < -0.4 is 10.9 Å². The average molecular weight is 348 g/mol. The third kappa shape index (κ3) is 5.18. The number of carbonyl (C=O) groups is 2. The molecule has 1 aromatic rings. The molecule has 0 aromatic carbocycles. The molecule has 138 valence electrons. The highest BCUT2D eigenvalue weighted by atomic mass is 16.5. The summed E-state index contributed by atoms with van der Waals surface area (Å²) in [6.07, 6.45) is 6.69. The van der Waals surface area contributed by atoms with Crippen LogP contribution in [0.4, 0.5) is 0 Å². The number of nitrogens with one attached hydrogen (secondary N) is 2. The zero-order valence-corrected chi connectivity index (χ0v) is 15.3. The fraction of sp³-hybridized carbons (Fsp3) is 0.632. The van der Waals surface area contributed by atoms with Gasteiger partial charge in [-0.15, -0.1) is 0 Å². The van der Waals surface area contributed by atoms with Crippen LogP contribution >= 0.6 is 0 Å². The first-order chi connectivity index (χ1) is 11.8. The lowest BCUT2D eigenvalue weighted by atomic mass is 9.69. The van der Waals surface area contributed by atoms with Gasteiger partial charge in [0.2, 0.25) is 0 Å². The van der Waals surface area contributed by atoms with Crippen LogP contribution in [0.25, 0.3) is 0 Å². The Morgan fingerprint density at radius 3 is 2.56 bits per heavy atom. The molecule has 0 saturated heterocycles. The van der Waals surface area contributed by atoms with Crippen LogP contribution in [0.2, 0.25) is 0 Å². The minimum Gasteiger partial charge on any atom is -0.452 e. The van der Waals surface area contributed by atoms with Crippen molar-refractivity contribution in [2.45, 2.75) is 58.9 Å². The molecule has 0 radical (unpaired) electrons. The van der Waals surface area contributed by atoms with Gasteiger partial charge in [0, 0.05) is 12.2 Å². The number of H-pyrrole nitrogens is 1. The van der Waals surface area contributed by atoms with Crippen molar-refractivity contribution in [1.82, 2.24) is 10.3 Å². The number of ether oxygens (including phenoxy) is 1. The van der Waals surface area contributed by atoms with Gasteiger partial charge in [-0.2, -0.15) is 0 Å². The van der Waals surface area contributed by atoms with Crippen molar-refractivity contribution in [3.63, 3.8) is 0 Å². The van der Waals surface area contributed by atoms with Gasteiger partial charge in [-0.05, 0) is 49.1 Å². The van der Waals surface area contributed by atoms with Crippen LogP contribution in [0.1, 0.15) is 63.2 Å². The van der Waals surface area contributed by atoms with Gasteiger partial charge >= 0.3 is 5.97 Å². The minimum atomic E-state index is -0.787. The number of aromatic amines is 1. The molecule has 0 bridgehead atoms. The molecule has 6 heteroatoms. The average Bonchev–Trinajstić information content (AvgIpc) is 2.60. The molecule has 0 unspecified atom stereocenters. The van der Waals surface area contributed by atoms with E-state index in [0.29, 0.717) is 11.3 Å². The maximum Gasteiger partial charge on any atom is 0.344 e. The molecule has 0 atom stereocenters. The number of carbonyl (C=O) groups excluding carboxylic acids is 2. The van der Waals surface area contributed by atoms with E-state index in [4.69, 9.17) is 4.74 Å². The normalized spacial score (nSPS) is 20.8. The first-order valence-corrected chi connectivity index (χ1v) is 8.97. The smallest absolute Gasteiger partial charge is 0.344 e. The molecule has 6 nitrogen and oxygen atoms in total. The maximum atomic E-state index is 12.0. The van der Waals surface area contributed by atoms with Crippen molar-refractivity contribution in [2.24, 2.45) is 11.3 Å². The van der Waals surface area contributed by atoms with Gasteiger partial charge < -0.3 is 15.0 Å². The van der Waals surface area contributed by atoms with E-state index in [9.17, 15) is 14.4 Å². The Labute approximate surface area is 148 Å². The van der Waals surface area contributed by atoms with Crippen molar-refractivity contribution < 1.29 is 14.3 Å². The van der Waals surface area contributed by atoms with Crippen LogP contribution in [0.3, 0.4) is 0 Å². The molecule has 0 aliphatic heterocycles. The summed E-state index contributed by atoms with van der Waals surface area (Å²) in [7, 11) is 0. The van der Waals surface area contributed by atoms with E-state index in [1.807, 2.05) is 0 Å². The molecule has 1 aromatic heterocycles. The Kier molecular flexibility index (Phi) is 6.39. The van der Waals surface area contributed by atoms with Crippen molar-refractivity contribution >= 4 is 11.9 Å². The zero-order chi connectivity index (χ0) is 18.4. The fourth-order valence-corrected chi connectivity index (χ4v) is 3.37. The fourth-order valence-electron chi connectivity index (χ4n) is 3.37. The minimum absolute atomic E-state index is 0.0994. The largest absolute Gasteiger partial charge is 0.452 e. The van der Waals surface area contributed by atoms with E-state index in [1.54, 1.807) is 0 Å². The lowest BCUT2D eigenvalue weighted by Crippen LogP contribution is -2.41. The van der Waals surface area contributed by atoms with Crippen LogP contribution in [-0.2, 0) is 9.53 Å². The van der Waals surface area contributed by atoms with Gasteiger partial charge in [0.05, 0.1) is 0 Å². The Hall–Kier alpha value is -2.11. The molecule has 1 aliphatic carbocycles. The summed E-state index contributed by atoms with van der Waals surface area (Å²) in [6.45, 7) is 6.47. The SMILES string of the molecule is CCC(C)(C)C1CCC(NC(=O)COC(=O)c2ccc[nH]c2=O)CC1. The molecule has 1 amide bonds. The topological polar surface area (TPSA) is 88.3 Å². The number of pyridine rings is 1. The highest BCUT2D eigenvalue weighted by Gasteiger charge is 2.32. The lowest BCUT2D eigenvalue weighted by Gasteiger charge is -2.39. The number of hydrogen-bond acceptors (Lipinski definition) is 4. The number of rotatable bonds is 6. The Balaban J connectivity index is 1.76. The molecule has 0 spiro atoms. The van der Waals surface area contributed by atoms with Crippen molar-refractivity contribution in [3.05, 3.63) is 34.2 Å². The number of esters is 1. The van der Waals surface area contributed by atoms with E-state index in [1.165, 1.54) is 18.3 Å². The molecule has 2 rings (SSSR count). The third-order valence-electron chi connectivity index (χ3n) is 5.48. The predicted octanol–water partition coefficient (Wildman–Crippen LogP) is 2.64. The van der Waals surface area contributed by atoms with Crippen LogP contribution in [0, 0.1) is 11.3 Å². The zero-order valence-electron chi connectivity index (χ0n) is 15.3. The molecule has 1 aliphatic rings. The van der Waals surface area contributed by atoms with Crippen molar-refractivity contribution in [3.8, 4) is 0 Å². The summed E-state index contributed by atoms with van der Waals surface area (Å²) in [5.41, 5.74) is -0.282. The van der Waals surface area contributed by atoms with E-state index in [2.05, 4.69) is 31.1 Å². The molecule has 1 heterocycles. The van der Waals surface area contributed by atoms with Crippen LogP contribution in [0.5, 0.6) is 0 Å². The van der Waals surface area contributed by atoms with E-state index in [-0.39, 0.29) is 24.1 Å². The number of hydrogen-bond donors (Lipinski definition) is 2. The summed E-state index contributed by atoms with van der Waals surface area (Å²) in [4.78, 5) is 37.7. The summed E-state index contributed by atoms with van der Waals surface area (Å²) in [5, 5.41) is 2.93. The van der Waals surface area contributed by atoms with Gasteiger partial charge in [-0.25, -0.2) is 4.79 Å². The second-order valence-electron chi connectivity index (χ2n) is 7.45. The van der Waals surface area contributed by atoms with Gasteiger partial charge in [0.15, 0.2) is 6.61 Å². The maximum absolute atomic E-state index is 12.0. The predicted molar refractivity (Wildman–Crippen MR) is 95.3 cm³/mol. The molecule has 1 fully saturated rings. The van der Waals surface area contributed by atoms with Crippen molar-refractivity contribution in [2.75, 3.05) is 6.61 Å². The first kappa shape index (κ1) is 19.2. The molecular formula is C19H28N2O4. The summed E-state index contributed by atoms with van der Waals surface area (Å²) < 4.78 is 4.93. The van der Waals surface area contributed by atoms with E-state index >= 15 is 0 Å². The van der Waals surface area contributed by atoms with Crippen molar-refractivity contribution in [1.29, 1.82) is 0 Å². The quantitative estimate of drug-likeness (QED) is 0.774. The highest BCUT2D eigenvalue weighted by Crippen LogP contribution is 2.40. The van der Waals surface area contributed by atoms with Gasteiger partial charge in [-0.3, -0.25) is 9.59 Å². The standard InChI is InChI=1S/C19H28N2O4/c1-4-19(2,3)13-7-9-14(10-8-13)21-16(22)12-25-18(24)15-6-5-11-20-17(15)23/h5-6,11,13-14H,4,7-10,12H2,1-3H3,(H,20,23)(H,21,22).